The van der Waals surface area contributed by atoms with Gasteiger partial charge >= 0.3 is 17.9 Å². The first-order valence-corrected chi connectivity index (χ1v) is 37.2. The highest BCUT2D eigenvalue weighted by molar-refractivity contribution is 5.71. The third kappa shape index (κ3) is 68.8. The normalized spacial score (nSPS) is 12.0. The fraction of sp³-hybridized carbons (Fsp3) is 0.933. The highest BCUT2D eigenvalue weighted by Gasteiger charge is 2.20. The number of carbonyl (C=O) groups is 3. The monoisotopic (exact) mass is 1140 g/mol. The van der Waals surface area contributed by atoms with E-state index in [1.54, 1.807) is 0 Å². The van der Waals surface area contributed by atoms with Gasteiger partial charge in [0.1, 0.15) is 13.2 Å². The van der Waals surface area contributed by atoms with E-state index in [0.717, 1.165) is 57.8 Å². The van der Waals surface area contributed by atoms with Gasteiger partial charge in [0.25, 0.3) is 0 Å². The third-order valence-electron chi connectivity index (χ3n) is 17.3. The molecule has 0 saturated carbocycles. The summed E-state index contributed by atoms with van der Waals surface area (Å²) in [7, 11) is 0. The topological polar surface area (TPSA) is 78.9 Å². The number of rotatable bonds is 70. The second-order valence-corrected chi connectivity index (χ2v) is 25.6. The Bertz CT molecular complexity index is 1260. The summed E-state index contributed by atoms with van der Waals surface area (Å²) in [4.78, 5) is 38.4. The summed E-state index contributed by atoms with van der Waals surface area (Å²) in [6.07, 6.45) is 85.6. The molecule has 0 bridgehead atoms. The van der Waals surface area contributed by atoms with Gasteiger partial charge in [0.2, 0.25) is 0 Å². The van der Waals surface area contributed by atoms with Crippen LogP contribution in [0.25, 0.3) is 0 Å². The van der Waals surface area contributed by atoms with Gasteiger partial charge in [-0.05, 0) is 44.9 Å². The van der Waals surface area contributed by atoms with Gasteiger partial charge < -0.3 is 14.2 Å². The first kappa shape index (κ1) is 79.2. The molecule has 0 saturated heterocycles. The molecule has 0 aromatic rings. The SMILES string of the molecule is CCCCCCCC/C=C\CCCCCCCCCC(=O)OC(COC(=O)CCCCCCCCCCCCCCC)COC(=O)CCCCCCCCCCCCCCCCCCCCCCCCCCCCCCCCCCC. The lowest BCUT2D eigenvalue weighted by atomic mass is 10.0. The molecule has 0 aliphatic rings. The Morgan fingerprint density at radius 2 is 0.407 bits per heavy atom. The van der Waals surface area contributed by atoms with Crippen molar-refractivity contribution in [1.29, 1.82) is 0 Å². The lowest BCUT2D eigenvalue weighted by Gasteiger charge is -2.18. The van der Waals surface area contributed by atoms with Crippen LogP contribution in [-0.4, -0.2) is 37.2 Å². The van der Waals surface area contributed by atoms with Crippen molar-refractivity contribution in [3.05, 3.63) is 12.2 Å². The smallest absolute Gasteiger partial charge is 0.306 e. The Labute approximate surface area is 507 Å². The molecule has 1 atom stereocenters. The van der Waals surface area contributed by atoms with E-state index in [4.69, 9.17) is 14.2 Å². The zero-order valence-corrected chi connectivity index (χ0v) is 55.4. The minimum atomic E-state index is -0.769. The number of hydrogen-bond donors (Lipinski definition) is 0. The van der Waals surface area contributed by atoms with Crippen LogP contribution in [0.1, 0.15) is 432 Å². The summed E-state index contributed by atoms with van der Waals surface area (Å²) in [6, 6.07) is 0. The van der Waals surface area contributed by atoms with Gasteiger partial charge in [-0.3, -0.25) is 14.4 Å². The van der Waals surface area contributed by atoms with E-state index in [0.29, 0.717) is 19.3 Å². The molecule has 0 rings (SSSR count). The van der Waals surface area contributed by atoms with E-state index in [1.165, 1.54) is 334 Å². The number of carbonyl (C=O) groups excluding carboxylic acids is 3. The first-order valence-electron chi connectivity index (χ1n) is 37.2. The van der Waals surface area contributed by atoms with Crippen LogP contribution in [0.4, 0.5) is 0 Å². The molecular formula is C75H144O6. The van der Waals surface area contributed by atoms with Gasteiger partial charge in [-0.2, -0.15) is 0 Å². The molecule has 0 heterocycles. The van der Waals surface area contributed by atoms with Crippen LogP contribution in [-0.2, 0) is 28.6 Å². The molecule has 81 heavy (non-hydrogen) atoms. The van der Waals surface area contributed by atoms with Crippen LogP contribution >= 0.6 is 0 Å². The van der Waals surface area contributed by atoms with Crippen molar-refractivity contribution in [3.63, 3.8) is 0 Å². The van der Waals surface area contributed by atoms with Gasteiger partial charge in [-0.1, -0.05) is 380 Å². The average Bonchev–Trinajstić information content (AvgIpc) is 3.46. The van der Waals surface area contributed by atoms with Crippen molar-refractivity contribution in [2.75, 3.05) is 13.2 Å². The second kappa shape index (κ2) is 70.6. The zero-order chi connectivity index (χ0) is 58.5. The molecule has 0 fully saturated rings. The maximum Gasteiger partial charge on any atom is 0.306 e. The first-order chi connectivity index (χ1) is 40.0. The molecule has 0 amide bonds. The molecule has 0 aromatic heterocycles. The van der Waals surface area contributed by atoms with E-state index in [-0.39, 0.29) is 31.1 Å². The summed E-state index contributed by atoms with van der Waals surface area (Å²) in [6.45, 7) is 6.72. The van der Waals surface area contributed by atoms with Gasteiger partial charge in [-0.15, -0.1) is 0 Å². The summed E-state index contributed by atoms with van der Waals surface area (Å²) < 4.78 is 17.0. The zero-order valence-electron chi connectivity index (χ0n) is 55.4. The van der Waals surface area contributed by atoms with Crippen molar-refractivity contribution in [2.24, 2.45) is 0 Å². The second-order valence-electron chi connectivity index (χ2n) is 25.6. The van der Waals surface area contributed by atoms with E-state index < -0.39 is 6.10 Å². The fourth-order valence-corrected chi connectivity index (χ4v) is 11.7. The molecule has 0 N–H and O–H groups in total. The maximum atomic E-state index is 12.9. The highest BCUT2D eigenvalue weighted by Crippen LogP contribution is 2.20. The molecule has 0 aliphatic carbocycles. The lowest BCUT2D eigenvalue weighted by molar-refractivity contribution is -0.167. The van der Waals surface area contributed by atoms with E-state index in [1.807, 2.05) is 0 Å². The van der Waals surface area contributed by atoms with Gasteiger partial charge in [0, 0.05) is 19.3 Å². The average molecular weight is 1140 g/mol. The maximum absolute atomic E-state index is 12.9. The van der Waals surface area contributed by atoms with Crippen molar-refractivity contribution >= 4 is 17.9 Å². The van der Waals surface area contributed by atoms with Crippen molar-refractivity contribution in [2.45, 2.75) is 438 Å². The van der Waals surface area contributed by atoms with Crippen LogP contribution in [0.15, 0.2) is 12.2 Å². The van der Waals surface area contributed by atoms with Crippen LogP contribution in [0.5, 0.6) is 0 Å². The fourth-order valence-electron chi connectivity index (χ4n) is 11.7. The Kier molecular flexibility index (Phi) is 69.0. The van der Waals surface area contributed by atoms with Crippen LogP contribution in [0.2, 0.25) is 0 Å². The Balaban J connectivity index is 4.07. The van der Waals surface area contributed by atoms with Gasteiger partial charge in [-0.25, -0.2) is 0 Å². The quantitative estimate of drug-likeness (QED) is 0.0261. The summed E-state index contributed by atoms with van der Waals surface area (Å²) in [5, 5.41) is 0. The Hall–Kier alpha value is -1.85. The van der Waals surface area contributed by atoms with Crippen molar-refractivity contribution < 1.29 is 28.6 Å². The molecule has 6 nitrogen and oxygen atoms in total. The summed E-state index contributed by atoms with van der Waals surface area (Å²) in [5.41, 5.74) is 0. The predicted octanol–water partition coefficient (Wildman–Crippen LogP) is 25.6. The molecular weight excluding hydrogens is 997 g/mol. The Morgan fingerprint density at radius 1 is 0.235 bits per heavy atom. The molecule has 6 heteroatoms. The molecule has 480 valence electrons. The van der Waals surface area contributed by atoms with Gasteiger partial charge in [0.05, 0.1) is 0 Å². The molecule has 0 spiro atoms. The van der Waals surface area contributed by atoms with Crippen LogP contribution < -0.4 is 0 Å². The summed E-state index contributed by atoms with van der Waals surface area (Å²) in [5.74, 6) is -0.835. The third-order valence-corrected chi connectivity index (χ3v) is 17.3. The van der Waals surface area contributed by atoms with Gasteiger partial charge in [0.15, 0.2) is 6.10 Å². The van der Waals surface area contributed by atoms with E-state index in [2.05, 4.69) is 32.9 Å². The van der Waals surface area contributed by atoms with Crippen molar-refractivity contribution in [3.8, 4) is 0 Å². The minimum absolute atomic E-state index is 0.0650. The van der Waals surface area contributed by atoms with E-state index in [9.17, 15) is 14.4 Å². The Morgan fingerprint density at radius 3 is 0.617 bits per heavy atom. The molecule has 0 aliphatic heterocycles. The largest absolute Gasteiger partial charge is 0.462 e. The molecule has 0 radical (unpaired) electrons. The van der Waals surface area contributed by atoms with Crippen molar-refractivity contribution in [1.82, 2.24) is 0 Å². The number of hydrogen-bond acceptors (Lipinski definition) is 6. The predicted molar refractivity (Wildman–Crippen MR) is 353 cm³/mol. The standard InChI is InChI=1S/C75H144O6/c1-4-7-10-13-16-19-22-25-27-29-30-31-32-33-34-35-36-37-38-39-40-41-42-43-44-46-47-50-53-56-59-62-65-68-74(77)80-71-72(70-79-73(76)67-64-61-58-55-52-49-24-21-18-15-12-9-6-3)81-75(78)69-66-63-60-57-54-51-48-45-28-26-23-20-17-14-11-8-5-2/h26,28,72H,4-25,27,29-71H2,1-3H3/b28-26-. The van der Waals surface area contributed by atoms with Crippen LogP contribution in [0, 0.1) is 0 Å². The number of ether oxygens (including phenoxy) is 3. The number of allylic oxidation sites excluding steroid dienone is 2. The van der Waals surface area contributed by atoms with Crippen LogP contribution in [0.3, 0.4) is 0 Å². The summed E-state index contributed by atoms with van der Waals surface area (Å²) >= 11 is 0. The molecule has 1 unspecified atom stereocenters. The number of unbranched alkanes of at least 4 members (excludes halogenated alkanes) is 57. The minimum Gasteiger partial charge on any atom is -0.462 e. The highest BCUT2D eigenvalue weighted by atomic mass is 16.6. The van der Waals surface area contributed by atoms with E-state index >= 15 is 0 Å². The molecule has 0 aromatic carbocycles. The lowest BCUT2D eigenvalue weighted by Crippen LogP contribution is -2.30. The number of esters is 3.